The average molecular weight is 575 g/mol. The molecule has 1 saturated heterocycles. The number of rotatable bonds is 9. The van der Waals surface area contributed by atoms with E-state index in [9.17, 15) is 23.1 Å². The number of alkyl halides is 3. The number of ether oxygens (including phenoxy) is 2. The number of benzene rings is 1. The Bertz CT molecular complexity index is 1350. The summed E-state index contributed by atoms with van der Waals surface area (Å²) in [5.41, 5.74) is -1.97. The topological polar surface area (TPSA) is 105 Å². The van der Waals surface area contributed by atoms with Gasteiger partial charge in [-0.2, -0.15) is 13.2 Å². The fourth-order valence-corrected chi connectivity index (χ4v) is 5.97. The molecule has 1 aromatic heterocycles. The van der Waals surface area contributed by atoms with E-state index in [1.165, 1.54) is 26.0 Å². The molecule has 41 heavy (non-hydrogen) atoms. The van der Waals surface area contributed by atoms with Crippen LogP contribution in [0.25, 0.3) is 6.08 Å². The van der Waals surface area contributed by atoms with Gasteiger partial charge in [-0.15, -0.1) is 0 Å². The molecule has 11 heteroatoms. The van der Waals surface area contributed by atoms with Crippen LogP contribution < -0.4 is 25.9 Å². The molecule has 2 fully saturated rings. The zero-order chi connectivity index (χ0) is 29.0. The van der Waals surface area contributed by atoms with E-state index < -0.39 is 23.4 Å². The highest BCUT2D eigenvalue weighted by Crippen LogP contribution is 2.36. The monoisotopic (exact) mass is 574 g/mol. The van der Waals surface area contributed by atoms with Gasteiger partial charge in [-0.05, 0) is 88.1 Å². The van der Waals surface area contributed by atoms with E-state index in [-0.39, 0.29) is 17.7 Å². The lowest BCUT2D eigenvalue weighted by atomic mass is 9.76. The minimum Gasteiger partial charge on any atom is -0.494 e. The van der Waals surface area contributed by atoms with E-state index >= 15 is 0 Å². The van der Waals surface area contributed by atoms with E-state index in [0.29, 0.717) is 43.4 Å². The molecule has 1 aromatic carbocycles. The van der Waals surface area contributed by atoms with Crippen molar-refractivity contribution in [2.45, 2.75) is 62.8 Å². The number of amides is 1. The van der Waals surface area contributed by atoms with Gasteiger partial charge in [-0.25, -0.2) is 4.98 Å². The molecule has 222 valence electrons. The number of aromatic nitrogens is 1. The van der Waals surface area contributed by atoms with Crippen LogP contribution >= 0.6 is 0 Å². The Labute approximate surface area is 237 Å². The average Bonchev–Trinajstić information content (AvgIpc) is 3.38. The first-order chi connectivity index (χ1) is 19.6. The van der Waals surface area contributed by atoms with Crippen LogP contribution in [0.4, 0.5) is 18.9 Å². The van der Waals surface area contributed by atoms with Gasteiger partial charge in [0.05, 0.1) is 36.4 Å². The SMILES string of the molecule is COc1cc2c(cc1NC(=O)c1cccc(C(F)(F)F)n1)=CC(C1CCC(O)(COCCC3CCNCC3)CC1)N=2. The molecule has 0 spiro atoms. The fraction of sp³-hybridized carbons (Fsp3) is 0.567. The number of hydrogen-bond acceptors (Lipinski definition) is 7. The van der Waals surface area contributed by atoms with Crippen molar-refractivity contribution in [3.63, 3.8) is 0 Å². The fourth-order valence-electron chi connectivity index (χ4n) is 5.97. The Morgan fingerprint density at radius 1 is 1.17 bits per heavy atom. The van der Waals surface area contributed by atoms with Crippen LogP contribution in [0.2, 0.25) is 0 Å². The molecule has 8 nitrogen and oxygen atoms in total. The standard InChI is InChI=1S/C30H37F3N4O4/c1-40-26-17-24-21(16-25(26)37-28(38)22-3-2-4-27(36-22)30(31,32)33)15-23(35-24)20-5-10-29(39,11-6-20)18-41-14-9-19-7-12-34-13-8-19/h2-4,15-17,19-20,23,34,39H,5-14,18H2,1H3,(H,37,38). The Kier molecular flexibility index (Phi) is 8.96. The summed E-state index contributed by atoms with van der Waals surface area (Å²) in [5.74, 6) is 0.537. The van der Waals surface area contributed by atoms with Gasteiger partial charge in [-0.1, -0.05) is 12.1 Å². The maximum atomic E-state index is 13.0. The zero-order valence-electron chi connectivity index (χ0n) is 23.2. The summed E-state index contributed by atoms with van der Waals surface area (Å²) in [5, 5.41) is 18.6. The third-order valence-corrected chi connectivity index (χ3v) is 8.45. The summed E-state index contributed by atoms with van der Waals surface area (Å²) in [4.78, 5) is 21.1. The van der Waals surface area contributed by atoms with Crippen LogP contribution in [0.15, 0.2) is 35.3 Å². The number of methoxy groups -OCH3 is 1. The highest BCUT2D eigenvalue weighted by Gasteiger charge is 2.36. The number of nitrogens with one attached hydrogen (secondary N) is 2. The van der Waals surface area contributed by atoms with Crippen molar-refractivity contribution in [3.05, 3.63) is 52.3 Å². The van der Waals surface area contributed by atoms with Gasteiger partial charge >= 0.3 is 6.18 Å². The maximum absolute atomic E-state index is 13.0. The van der Waals surface area contributed by atoms with Crippen LogP contribution in [0.3, 0.4) is 0 Å². The number of carbonyl (C=O) groups excluding carboxylic acids is 1. The number of carbonyl (C=O) groups is 1. The number of anilines is 1. The van der Waals surface area contributed by atoms with Crippen molar-refractivity contribution in [2.75, 3.05) is 38.7 Å². The van der Waals surface area contributed by atoms with Crippen molar-refractivity contribution in [2.24, 2.45) is 16.8 Å². The largest absolute Gasteiger partial charge is 0.494 e. The van der Waals surface area contributed by atoms with E-state index in [0.717, 1.165) is 55.1 Å². The van der Waals surface area contributed by atoms with E-state index in [4.69, 9.17) is 14.5 Å². The van der Waals surface area contributed by atoms with Gasteiger partial charge in [0, 0.05) is 17.9 Å². The molecule has 2 aromatic rings. The molecule has 1 saturated carbocycles. The molecule has 2 aliphatic heterocycles. The summed E-state index contributed by atoms with van der Waals surface area (Å²) in [7, 11) is 1.45. The first-order valence-corrected chi connectivity index (χ1v) is 14.3. The summed E-state index contributed by atoms with van der Waals surface area (Å²) in [6.45, 7) is 3.19. The number of pyridine rings is 1. The molecule has 0 radical (unpaired) electrons. The summed E-state index contributed by atoms with van der Waals surface area (Å²) >= 11 is 0. The maximum Gasteiger partial charge on any atom is 0.433 e. The first kappa shape index (κ1) is 29.5. The Balaban J connectivity index is 1.19. The Hall–Kier alpha value is -3.02. The van der Waals surface area contributed by atoms with Gasteiger partial charge in [-0.3, -0.25) is 9.79 Å². The van der Waals surface area contributed by atoms with Crippen molar-refractivity contribution in [1.82, 2.24) is 10.3 Å². The van der Waals surface area contributed by atoms with Crippen molar-refractivity contribution >= 4 is 17.7 Å². The molecule has 1 atom stereocenters. The van der Waals surface area contributed by atoms with E-state index in [1.807, 2.05) is 6.08 Å². The number of halogens is 3. The van der Waals surface area contributed by atoms with Crippen LogP contribution in [0, 0.1) is 11.8 Å². The third-order valence-electron chi connectivity index (χ3n) is 8.45. The minimum absolute atomic E-state index is 0.0730. The second-order valence-corrected chi connectivity index (χ2v) is 11.4. The van der Waals surface area contributed by atoms with Crippen molar-refractivity contribution in [3.8, 4) is 5.75 Å². The summed E-state index contributed by atoms with van der Waals surface area (Å²) in [6.07, 6.45) is 3.73. The highest BCUT2D eigenvalue weighted by atomic mass is 19.4. The van der Waals surface area contributed by atoms with Crippen LogP contribution in [0.1, 0.15) is 61.1 Å². The quantitative estimate of drug-likeness (QED) is 0.397. The normalized spacial score (nSPS) is 24.7. The molecule has 3 N–H and O–H groups in total. The van der Waals surface area contributed by atoms with Crippen molar-refractivity contribution < 1.29 is 32.5 Å². The second-order valence-electron chi connectivity index (χ2n) is 11.4. The van der Waals surface area contributed by atoms with Crippen LogP contribution in [-0.2, 0) is 10.9 Å². The highest BCUT2D eigenvalue weighted by molar-refractivity contribution is 6.03. The minimum atomic E-state index is -4.65. The predicted octanol–water partition coefficient (Wildman–Crippen LogP) is 3.47. The Morgan fingerprint density at radius 2 is 1.93 bits per heavy atom. The second kappa shape index (κ2) is 12.5. The molecule has 1 amide bonds. The van der Waals surface area contributed by atoms with Crippen LogP contribution in [0.5, 0.6) is 5.75 Å². The lowest BCUT2D eigenvalue weighted by molar-refractivity contribution is -0.141. The van der Waals surface area contributed by atoms with Crippen LogP contribution in [-0.4, -0.2) is 61.1 Å². The summed E-state index contributed by atoms with van der Waals surface area (Å²) < 4.78 is 50.5. The van der Waals surface area contributed by atoms with E-state index in [2.05, 4.69) is 15.6 Å². The smallest absolute Gasteiger partial charge is 0.433 e. The van der Waals surface area contributed by atoms with Gasteiger partial charge in [0.1, 0.15) is 17.1 Å². The van der Waals surface area contributed by atoms with Gasteiger partial charge < -0.3 is 25.2 Å². The number of fused-ring (bicyclic) bond motifs is 1. The molecule has 5 rings (SSSR count). The van der Waals surface area contributed by atoms with Gasteiger partial charge in [0.25, 0.3) is 5.91 Å². The lowest BCUT2D eigenvalue weighted by Crippen LogP contribution is -2.40. The van der Waals surface area contributed by atoms with E-state index in [1.54, 1.807) is 12.1 Å². The molecule has 3 heterocycles. The summed E-state index contributed by atoms with van der Waals surface area (Å²) in [6, 6.07) is 6.56. The number of nitrogens with zero attached hydrogens (tertiary/aromatic N) is 2. The van der Waals surface area contributed by atoms with Crippen molar-refractivity contribution in [1.29, 1.82) is 0 Å². The molecule has 1 unspecified atom stereocenters. The molecular formula is C30H37F3N4O4. The van der Waals surface area contributed by atoms with Gasteiger partial charge in [0.2, 0.25) is 0 Å². The molecular weight excluding hydrogens is 537 g/mol. The zero-order valence-corrected chi connectivity index (χ0v) is 23.2. The predicted molar refractivity (Wildman–Crippen MR) is 147 cm³/mol. The number of piperidine rings is 1. The number of hydrogen-bond donors (Lipinski definition) is 3. The molecule has 1 aliphatic carbocycles. The Morgan fingerprint density at radius 3 is 2.63 bits per heavy atom. The van der Waals surface area contributed by atoms with Gasteiger partial charge in [0.15, 0.2) is 0 Å². The number of aliphatic hydroxyl groups is 1. The third kappa shape index (κ3) is 7.25. The first-order valence-electron chi connectivity index (χ1n) is 14.3. The lowest BCUT2D eigenvalue weighted by Gasteiger charge is -2.37. The molecule has 3 aliphatic rings. The molecule has 0 bridgehead atoms.